The molecule has 1 rings (SSSR count). The molecule has 18 heavy (non-hydrogen) atoms. The van der Waals surface area contributed by atoms with Crippen LogP contribution in [-0.2, 0) is 6.42 Å². The Labute approximate surface area is 131 Å². The second-order valence-corrected chi connectivity index (χ2v) is 9.33. The van der Waals surface area contributed by atoms with E-state index in [1.807, 2.05) is 11.3 Å². The van der Waals surface area contributed by atoms with Crippen LogP contribution in [0.15, 0.2) is 11.4 Å². The molecule has 0 bridgehead atoms. The Morgan fingerprint density at radius 1 is 1.06 bits per heavy atom. The van der Waals surface area contributed by atoms with E-state index in [1.54, 1.807) is 8.46 Å². The van der Waals surface area contributed by atoms with Crippen LogP contribution >= 0.6 is 11.3 Å². The molecular formula is C16H28SSn. The van der Waals surface area contributed by atoms with E-state index in [1.165, 1.54) is 80.3 Å². The third-order valence-corrected chi connectivity index (χ3v) is 6.08. The van der Waals surface area contributed by atoms with Crippen molar-refractivity contribution in [3.8, 4) is 0 Å². The summed E-state index contributed by atoms with van der Waals surface area (Å²) < 4.78 is 1.59. The van der Waals surface area contributed by atoms with E-state index >= 15 is 0 Å². The fourth-order valence-corrected chi connectivity index (χ4v) is 4.40. The van der Waals surface area contributed by atoms with Crippen molar-refractivity contribution in [1.82, 2.24) is 0 Å². The van der Waals surface area contributed by atoms with Gasteiger partial charge in [-0.3, -0.25) is 0 Å². The van der Waals surface area contributed by atoms with Crippen molar-refractivity contribution in [3.63, 3.8) is 0 Å². The minimum atomic E-state index is 0.941. The maximum atomic E-state index is 2.44. The van der Waals surface area contributed by atoms with Crippen LogP contribution in [0.2, 0.25) is 0 Å². The fourth-order valence-electron chi connectivity index (χ4n) is 2.54. The van der Waals surface area contributed by atoms with Gasteiger partial charge in [-0.2, -0.15) is 0 Å². The molecule has 1 heterocycles. The van der Waals surface area contributed by atoms with Gasteiger partial charge in [-0.1, -0.05) is 0 Å². The molecule has 0 amide bonds. The predicted octanol–water partition coefficient (Wildman–Crippen LogP) is 4.59. The molecule has 0 saturated carbocycles. The van der Waals surface area contributed by atoms with Crippen LogP contribution in [0.1, 0.15) is 70.8 Å². The van der Waals surface area contributed by atoms with Crippen LogP contribution in [0.4, 0.5) is 0 Å². The Morgan fingerprint density at radius 2 is 1.78 bits per heavy atom. The molecule has 1 aromatic heterocycles. The van der Waals surface area contributed by atoms with Crippen LogP contribution in [0.5, 0.6) is 0 Å². The topological polar surface area (TPSA) is 0 Å². The van der Waals surface area contributed by atoms with Crippen molar-refractivity contribution >= 4 is 36.8 Å². The van der Waals surface area contributed by atoms with Gasteiger partial charge in [-0.05, 0) is 0 Å². The Hall–Kier alpha value is 0.499. The van der Waals surface area contributed by atoms with Gasteiger partial charge in [0.05, 0.1) is 0 Å². The third kappa shape index (κ3) is 7.18. The zero-order chi connectivity index (χ0) is 13.2. The van der Waals surface area contributed by atoms with Gasteiger partial charge in [-0.25, -0.2) is 0 Å². The Bertz CT molecular complexity index is 306. The Balaban J connectivity index is 2.34. The summed E-state index contributed by atoms with van der Waals surface area (Å²) >= 11 is 3.24. The summed E-state index contributed by atoms with van der Waals surface area (Å²) in [7, 11) is 0. The van der Waals surface area contributed by atoms with Crippen molar-refractivity contribution in [2.75, 3.05) is 0 Å². The third-order valence-electron chi connectivity index (χ3n) is 3.63. The SMILES string of the molecule is CCCCCCC(CCCC)Cc1cs[c]([SnH])c1. The van der Waals surface area contributed by atoms with Crippen LogP contribution in [0.25, 0.3) is 0 Å². The number of thiophene rings is 1. The van der Waals surface area contributed by atoms with E-state index in [2.05, 4.69) is 25.3 Å². The minimum absolute atomic E-state index is 0.941. The normalized spacial score (nSPS) is 12.8. The second-order valence-electron chi connectivity index (χ2n) is 5.42. The molecule has 0 nitrogen and oxygen atoms in total. The van der Waals surface area contributed by atoms with Gasteiger partial charge in [0.25, 0.3) is 0 Å². The average molecular weight is 371 g/mol. The molecule has 0 aliphatic carbocycles. The predicted molar refractivity (Wildman–Crippen MR) is 86.6 cm³/mol. The van der Waals surface area contributed by atoms with E-state index in [0.717, 1.165) is 5.92 Å². The van der Waals surface area contributed by atoms with Gasteiger partial charge in [0.15, 0.2) is 0 Å². The van der Waals surface area contributed by atoms with Gasteiger partial charge >= 0.3 is 131 Å². The van der Waals surface area contributed by atoms with Crippen molar-refractivity contribution in [3.05, 3.63) is 17.0 Å². The van der Waals surface area contributed by atoms with Crippen molar-refractivity contribution in [2.45, 2.75) is 71.6 Å². The number of hydrogen-bond acceptors (Lipinski definition) is 1. The molecule has 0 aliphatic heterocycles. The molecule has 102 valence electrons. The first-order valence-corrected chi connectivity index (χ1v) is 10.1. The Morgan fingerprint density at radius 3 is 2.39 bits per heavy atom. The van der Waals surface area contributed by atoms with Crippen LogP contribution in [0.3, 0.4) is 0 Å². The first-order chi connectivity index (χ1) is 8.76. The van der Waals surface area contributed by atoms with Gasteiger partial charge in [0, 0.05) is 0 Å². The summed E-state index contributed by atoms with van der Waals surface area (Å²) in [4.78, 5) is 0. The average Bonchev–Trinajstić information content (AvgIpc) is 2.77. The molecule has 2 heteroatoms. The van der Waals surface area contributed by atoms with Crippen LogP contribution in [0, 0.1) is 5.92 Å². The molecule has 0 aliphatic rings. The molecule has 0 saturated heterocycles. The van der Waals surface area contributed by atoms with Crippen LogP contribution < -0.4 is 2.89 Å². The standard InChI is InChI=1S/C16H27S.Sn.H/c1-3-5-7-8-10-15(9-6-4-2)13-16-11-12-17-14-16;;/h11,14-15H,3-10,13H2,1-2H3;;. The van der Waals surface area contributed by atoms with Gasteiger partial charge < -0.3 is 0 Å². The molecule has 1 aromatic rings. The van der Waals surface area contributed by atoms with Gasteiger partial charge in [-0.15, -0.1) is 0 Å². The zero-order valence-corrected chi connectivity index (χ0v) is 16.2. The summed E-state index contributed by atoms with van der Waals surface area (Å²) in [5.41, 5.74) is 1.61. The van der Waals surface area contributed by atoms with E-state index in [0.29, 0.717) is 0 Å². The first-order valence-electron chi connectivity index (χ1n) is 7.59. The summed E-state index contributed by atoms with van der Waals surface area (Å²) in [5, 5.41) is 2.39. The van der Waals surface area contributed by atoms with E-state index in [4.69, 9.17) is 0 Å². The fraction of sp³-hybridized carbons (Fsp3) is 0.750. The summed E-state index contributed by atoms with van der Waals surface area (Å²) in [6.07, 6.45) is 12.6. The molecule has 0 N–H and O–H groups in total. The number of unbranched alkanes of at least 4 members (excludes halogenated alkanes) is 4. The van der Waals surface area contributed by atoms with Crippen molar-refractivity contribution in [1.29, 1.82) is 0 Å². The van der Waals surface area contributed by atoms with E-state index < -0.39 is 0 Å². The summed E-state index contributed by atoms with van der Waals surface area (Å²) in [6.45, 7) is 4.61. The van der Waals surface area contributed by atoms with Crippen LogP contribution in [-0.4, -0.2) is 22.5 Å². The van der Waals surface area contributed by atoms with Crippen molar-refractivity contribution in [2.24, 2.45) is 5.92 Å². The first kappa shape index (κ1) is 16.6. The van der Waals surface area contributed by atoms with E-state index in [9.17, 15) is 0 Å². The van der Waals surface area contributed by atoms with Crippen molar-refractivity contribution < 1.29 is 0 Å². The molecule has 0 spiro atoms. The summed E-state index contributed by atoms with van der Waals surface area (Å²) in [6, 6.07) is 2.44. The molecule has 1 atom stereocenters. The number of hydrogen-bond donors (Lipinski definition) is 0. The molecule has 1 unspecified atom stereocenters. The molecule has 0 aromatic carbocycles. The Kier molecular flexibility index (Phi) is 9.48. The van der Waals surface area contributed by atoms with Gasteiger partial charge in [0.2, 0.25) is 0 Å². The quantitative estimate of drug-likeness (QED) is 0.417. The van der Waals surface area contributed by atoms with E-state index in [-0.39, 0.29) is 0 Å². The zero-order valence-electron chi connectivity index (χ0n) is 12.1. The second kappa shape index (κ2) is 10.3. The molecule has 0 fully saturated rings. The number of rotatable bonds is 10. The molecule has 2 radical (unpaired) electrons. The summed E-state index contributed by atoms with van der Waals surface area (Å²) in [5.74, 6) is 0.941. The monoisotopic (exact) mass is 372 g/mol. The maximum absolute atomic E-state index is 2.44. The van der Waals surface area contributed by atoms with Gasteiger partial charge in [0.1, 0.15) is 0 Å². The molecular weight excluding hydrogens is 343 g/mol.